The van der Waals surface area contributed by atoms with Crippen LogP contribution in [0.3, 0.4) is 0 Å². The summed E-state index contributed by atoms with van der Waals surface area (Å²) in [5.41, 5.74) is 5.07. The third-order valence-electron chi connectivity index (χ3n) is 3.05. The number of aromatic carboxylic acids is 1. The van der Waals surface area contributed by atoms with Crippen LogP contribution in [0.2, 0.25) is 0 Å². The fourth-order valence-corrected chi connectivity index (χ4v) is 1.78. The zero-order chi connectivity index (χ0) is 17.5. The van der Waals surface area contributed by atoms with Crippen LogP contribution >= 0.6 is 0 Å². The molecule has 2 aromatic rings. The lowest BCUT2D eigenvalue weighted by Crippen LogP contribution is -2.20. The summed E-state index contributed by atoms with van der Waals surface area (Å²) in [4.78, 5) is 33.8. The van der Waals surface area contributed by atoms with E-state index in [0.717, 1.165) is 0 Å². The number of carbonyl (C=O) groups excluding carboxylic acids is 2. The zero-order valence-corrected chi connectivity index (χ0v) is 12.3. The summed E-state index contributed by atoms with van der Waals surface area (Å²) in [5.74, 6) is -2.18. The summed E-state index contributed by atoms with van der Waals surface area (Å²) < 4.78 is 0. The van der Waals surface area contributed by atoms with Gasteiger partial charge in [-0.25, -0.2) is 15.7 Å². The van der Waals surface area contributed by atoms with E-state index >= 15 is 0 Å². The van der Waals surface area contributed by atoms with Crippen LogP contribution in [0.4, 0.5) is 0 Å². The summed E-state index contributed by atoms with van der Waals surface area (Å²) in [5, 5.41) is 21.1. The van der Waals surface area contributed by atoms with E-state index in [1.54, 1.807) is 12.1 Å². The highest BCUT2D eigenvalue weighted by Crippen LogP contribution is 2.05. The molecule has 0 aliphatic heterocycles. The molecule has 2 aromatic carbocycles. The fourth-order valence-electron chi connectivity index (χ4n) is 1.78. The Labute approximate surface area is 136 Å². The number of carboxylic acids is 1. The van der Waals surface area contributed by atoms with Crippen LogP contribution in [0.1, 0.15) is 36.6 Å². The second-order valence-corrected chi connectivity index (χ2v) is 4.64. The topological polar surface area (TPSA) is 128 Å². The lowest BCUT2D eigenvalue weighted by atomic mass is 10.1. The van der Waals surface area contributed by atoms with E-state index < -0.39 is 17.8 Å². The van der Waals surface area contributed by atoms with Gasteiger partial charge in [0.2, 0.25) is 0 Å². The van der Waals surface area contributed by atoms with Crippen LogP contribution < -0.4 is 10.9 Å². The van der Waals surface area contributed by atoms with Gasteiger partial charge in [-0.05, 0) is 42.0 Å². The second kappa shape index (κ2) is 7.65. The molecule has 0 heterocycles. The van der Waals surface area contributed by atoms with Gasteiger partial charge in [-0.3, -0.25) is 14.8 Å². The number of rotatable bonds is 5. The van der Waals surface area contributed by atoms with Crippen molar-refractivity contribution >= 4 is 24.0 Å². The normalized spacial score (nSPS) is 10.4. The molecular weight excluding hydrogens is 314 g/mol. The van der Waals surface area contributed by atoms with Crippen LogP contribution in [-0.2, 0) is 0 Å². The maximum absolute atomic E-state index is 11.9. The van der Waals surface area contributed by atoms with E-state index in [4.69, 9.17) is 10.3 Å². The predicted molar refractivity (Wildman–Crippen MR) is 84.2 cm³/mol. The Bertz CT molecular complexity index is 782. The predicted octanol–water partition coefficient (Wildman–Crippen LogP) is 1.27. The lowest BCUT2D eigenvalue weighted by Gasteiger charge is -2.02. The molecule has 0 unspecified atom stereocenters. The smallest absolute Gasteiger partial charge is 0.335 e. The molecule has 0 saturated carbocycles. The number of nitrogens with zero attached hydrogens (tertiary/aromatic N) is 1. The van der Waals surface area contributed by atoms with Gasteiger partial charge >= 0.3 is 5.97 Å². The van der Waals surface area contributed by atoms with E-state index in [1.807, 2.05) is 0 Å². The van der Waals surface area contributed by atoms with Gasteiger partial charge < -0.3 is 5.11 Å². The molecule has 0 spiro atoms. The summed E-state index contributed by atoms with van der Waals surface area (Å²) in [6, 6.07) is 11.6. The molecule has 4 N–H and O–H groups in total. The van der Waals surface area contributed by atoms with E-state index in [2.05, 4.69) is 10.5 Å². The highest BCUT2D eigenvalue weighted by molar-refractivity contribution is 5.97. The number of nitrogens with one attached hydrogen (secondary N) is 2. The number of carbonyl (C=O) groups is 3. The minimum absolute atomic E-state index is 0.156. The quantitative estimate of drug-likeness (QED) is 0.373. The maximum atomic E-state index is 11.9. The van der Waals surface area contributed by atoms with Crippen molar-refractivity contribution in [2.45, 2.75) is 0 Å². The molecule has 8 nitrogen and oxygen atoms in total. The molecule has 0 bridgehead atoms. The third kappa shape index (κ3) is 4.24. The van der Waals surface area contributed by atoms with Crippen molar-refractivity contribution in [2.24, 2.45) is 5.10 Å². The summed E-state index contributed by atoms with van der Waals surface area (Å²) >= 11 is 0. The Balaban J connectivity index is 1.97. The van der Waals surface area contributed by atoms with Crippen molar-refractivity contribution in [3.05, 3.63) is 70.8 Å². The van der Waals surface area contributed by atoms with Crippen molar-refractivity contribution in [3.8, 4) is 0 Å². The van der Waals surface area contributed by atoms with Crippen molar-refractivity contribution in [1.82, 2.24) is 10.9 Å². The molecule has 0 saturated heterocycles. The zero-order valence-electron chi connectivity index (χ0n) is 12.3. The minimum Gasteiger partial charge on any atom is -0.478 e. The van der Waals surface area contributed by atoms with Crippen molar-refractivity contribution in [3.63, 3.8) is 0 Å². The summed E-state index contributed by atoms with van der Waals surface area (Å²) in [6.45, 7) is 0. The Hall–Kier alpha value is -3.52. The molecule has 24 heavy (non-hydrogen) atoms. The van der Waals surface area contributed by atoms with E-state index in [0.29, 0.717) is 5.56 Å². The molecule has 8 heteroatoms. The Morgan fingerprint density at radius 3 is 1.83 bits per heavy atom. The lowest BCUT2D eigenvalue weighted by molar-refractivity contribution is 0.0693. The molecule has 0 aliphatic rings. The van der Waals surface area contributed by atoms with Gasteiger partial charge in [-0.1, -0.05) is 12.1 Å². The van der Waals surface area contributed by atoms with Gasteiger partial charge in [0.25, 0.3) is 11.8 Å². The number of benzene rings is 2. The van der Waals surface area contributed by atoms with Crippen molar-refractivity contribution in [1.29, 1.82) is 0 Å². The van der Waals surface area contributed by atoms with Crippen molar-refractivity contribution < 1.29 is 24.7 Å². The molecule has 0 radical (unpaired) electrons. The summed E-state index contributed by atoms with van der Waals surface area (Å²) in [7, 11) is 0. The minimum atomic E-state index is -1.02. The number of amides is 2. The van der Waals surface area contributed by atoms with Crippen LogP contribution in [0.15, 0.2) is 53.6 Å². The molecule has 2 rings (SSSR count). The number of hydrogen-bond acceptors (Lipinski definition) is 5. The largest absolute Gasteiger partial charge is 0.478 e. The molecule has 0 atom stereocenters. The van der Waals surface area contributed by atoms with Gasteiger partial charge in [0, 0.05) is 11.1 Å². The van der Waals surface area contributed by atoms with Crippen LogP contribution in [0.25, 0.3) is 0 Å². The molecule has 122 valence electrons. The number of hydrogen-bond donors (Lipinski definition) is 4. The standard InChI is InChI=1S/C16H13N3O5/c20-14(11-5-7-12(8-6-11)15(21)19-24)18-17-9-10-1-3-13(4-2-10)16(22)23/h1-9,24H,(H,18,20)(H,19,21)(H,22,23)/b17-9+. The SMILES string of the molecule is O=C(O)c1ccc(/C=N/NC(=O)c2ccc(C(=O)NO)cc2)cc1. The Morgan fingerprint density at radius 2 is 1.33 bits per heavy atom. The fraction of sp³-hybridized carbons (Fsp3) is 0. The van der Waals surface area contributed by atoms with Gasteiger partial charge in [0.15, 0.2) is 0 Å². The van der Waals surface area contributed by atoms with Crippen LogP contribution in [0, 0.1) is 0 Å². The van der Waals surface area contributed by atoms with Crippen LogP contribution in [-0.4, -0.2) is 34.3 Å². The van der Waals surface area contributed by atoms with E-state index in [9.17, 15) is 14.4 Å². The first-order valence-corrected chi connectivity index (χ1v) is 6.72. The van der Waals surface area contributed by atoms with E-state index in [-0.39, 0.29) is 16.7 Å². The average molecular weight is 327 g/mol. The van der Waals surface area contributed by atoms with Crippen LogP contribution in [0.5, 0.6) is 0 Å². The second-order valence-electron chi connectivity index (χ2n) is 4.64. The Kier molecular flexibility index (Phi) is 5.37. The molecule has 0 aromatic heterocycles. The third-order valence-corrected chi connectivity index (χ3v) is 3.05. The van der Waals surface area contributed by atoms with Gasteiger partial charge in [-0.15, -0.1) is 0 Å². The van der Waals surface area contributed by atoms with Gasteiger partial charge in [0.05, 0.1) is 11.8 Å². The number of carboxylic acid groups (broad SMARTS) is 1. The van der Waals surface area contributed by atoms with E-state index in [1.165, 1.54) is 48.1 Å². The first kappa shape index (κ1) is 16.8. The number of hydrazone groups is 1. The Morgan fingerprint density at radius 1 is 0.833 bits per heavy atom. The van der Waals surface area contributed by atoms with Crippen molar-refractivity contribution in [2.75, 3.05) is 0 Å². The highest BCUT2D eigenvalue weighted by atomic mass is 16.5. The first-order valence-electron chi connectivity index (χ1n) is 6.72. The monoisotopic (exact) mass is 327 g/mol. The molecule has 0 aliphatic carbocycles. The molecule has 2 amide bonds. The average Bonchev–Trinajstić information content (AvgIpc) is 2.61. The van der Waals surface area contributed by atoms with Gasteiger partial charge in [-0.2, -0.15) is 5.10 Å². The van der Waals surface area contributed by atoms with Gasteiger partial charge in [0.1, 0.15) is 0 Å². The first-order chi connectivity index (χ1) is 11.5. The molecule has 0 fully saturated rings. The molecular formula is C16H13N3O5. The highest BCUT2D eigenvalue weighted by Gasteiger charge is 2.07. The number of hydroxylamine groups is 1. The summed E-state index contributed by atoms with van der Waals surface area (Å²) in [6.07, 6.45) is 1.37. The maximum Gasteiger partial charge on any atom is 0.335 e.